The van der Waals surface area contributed by atoms with Crippen LogP contribution in [-0.4, -0.2) is 65.8 Å². The molecule has 1 aliphatic rings. The smallest absolute Gasteiger partial charge is 0.119 e. The van der Waals surface area contributed by atoms with E-state index in [2.05, 4.69) is 40.0 Å². The molecule has 0 aliphatic carbocycles. The number of hydrogen-bond acceptors (Lipinski definition) is 5. The van der Waals surface area contributed by atoms with Crippen LogP contribution in [0, 0.1) is 0 Å². The number of hydrogen-bond donors (Lipinski definition) is 1. The number of nitrogens with zero attached hydrogens (tertiary/aromatic N) is 3. The maximum Gasteiger partial charge on any atom is 0.119 e. The third-order valence-corrected chi connectivity index (χ3v) is 5.44. The van der Waals surface area contributed by atoms with Crippen LogP contribution in [0.3, 0.4) is 0 Å². The number of β-amino-alcohol motifs (C(OH)–C–C–N with tert-alkyl or cyclic N) is 1. The molecule has 2 aromatic rings. The molecule has 1 aliphatic heterocycles. The van der Waals surface area contributed by atoms with Crippen LogP contribution >= 0.6 is 0 Å². The average molecular weight is 398 g/mol. The summed E-state index contributed by atoms with van der Waals surface area (Å²) in [7, 11) is 2.13. The molecule has 0 spiro atoms. The average Bonchev–Trinajstić information content (AvgIpc) is 3.00. The van der Waals surface area contributed by atoms with E-state index in [4.69, 9.17) is 4.74 Å². The van der Waals surface area contributed by atoms with Crippen molar-refractivity contribution in [1.29, 1.82) is 0 Å². The number of aliphatic hydroxyl groups excluding tert-OH is 1. The molecule has 1 atom stereocenters. The zero-order valence-electron chi connectivity index (χ0n) is 17.7. The zero-order chi connectivity index (χ0) is 20.3. The third-order valence-electron chi connectivity index (χ3n) is 5.44. The van der Waals surface area contributed by atoms with Gasteiger partial charge in [-0.1, -0.05) is 31.0 Å². The molecule has 0 saturated carbocycles. The summed E-state index contributed by atoms with van der Waals surface area (Å²) in [5, 5.41) is 10.4. The van der Waals surface area contributed by atoms with Crippen molar-refractivity contribution in [2.45, 2.75) is 44.8 Å². The molecule has 0 amide bonds. The number of benzene rings is 1. The second-order valence-corrected chi connectivity index (χ2v) is 8.14. The van der Waals surface area contributed by atoms with Gasteiger partial charge in [0.25, 0.3) is 0 Å². The number of rotatable bonds is 10. The van der Waals surface area contributed by atoms with Gasteiger partial charge in [0, 0.05) is 37.9 Å². The van der Waals surface area contributed by atoms with E-state index >= 15 is 0 Å². The van der Waals surface area contributed by atoms with Crippen LogP contribution in [-0.2, 0) is 13.0 Å². The summed E-state index contributed by atoms with van der Waals surface area (Å²) in [6.07, 6.45) is 7.44. The summed E-state index contributed by atoms with van der Waals surface area (Å²) < 4.78 is 5.89. The molecule has 1 fully saturated rings. The number of ether oxygens (including phenoxy) is 1. The van der Waals surface area contributed by atoms with E-state index in [1.54, 1.807) is 0 Å². The van der Waals surface area contributed by atoms with Gasteiger partial charge >= 0.3 is 0 Å². The summed E-state index contributed by atoms with van der Waals surface area (Å²) in [5.74, 6) is 0.829. The first-order valence-electron chi connectivity index (χ1n) is 10.9. The van der Waals surface area contributed by atoms with E-state index in [0.717, 1.165) is 44.0 Å². The fourth-order valence-corrected chi connectivity index (χ4v) is 3.84. The van der Waals surface area contributed by atoms with Crippen molar-refractivity contribution in [1.82, 2.24) is 14.8 Å². The predicted molar refractivity (Wildman–Crippen MR) is 117 cm³/mol. The Morgan fingerprint density at radius 2 is 1.93 bits per heavy atom. The number of likely N-dealkylation sites (tertiary alicyclic amines) is 1. The standard InChI is InChI=1S/C24H35N3O2/c1-26(16-12-22-10-4-5-13-25-22)18-21-9-8-11-24(17-21)29-20-23(28)19-27-14-6-2-3-7-15-27/h4-5,8-11,13,17,23,28H,2-3,6-7,12,14-16,18-20H2,1H3/t23-/m1/s1. The lowest BCUT2D eigenvalue weighted by atomic mass is 10.2. The Labute approximate surface area is 175 Å². The Morgan fingerprint density at radius 1 is 1.10 bits per heavy atom. The highest BCUT2D eigenvalue weighted by atomic mass is 16.5. The number of pyridine rings is 1. The second-order valence-electron chi connectivity index (χ2n) is 8.14. The topological polar surface area (TPSA) is 48.8 Å². The second kappa shape index (κ2) is 11.9. The molecular weight excluding hydrogens is 362 g/mol. The minimum Gasteiger partial charge on any atom is -0.491 e. The van der Waals surface area contributed by atoms with E-state index < -0.39 is 6.10 Å². The van der Waals surface area contributed by atoms with Crippen molar-refractivity contribution >= 4 is 0 Å². The first-order chi connectivity index (χ1) is 14.2. The molecule has 5 heteroatoms. The fourth-order valence-electron chi connectivity index (χ4n) is 3.84. The maximum atomic E-state index is 10.4. The van der Waals surface area contributed by atoms with Gasteiger partial charge in [0.15, 0.2) is 0 Å². The van der Waals surface area contributed by atoms with Gasteiger partial charge in [-0.2, -0.15) is 0 Å². The third kappa shape index (κ3) is 8.13. The van der Waals surface area contributed by atoms with Crippen molar-refractivity contribution < 1.29 is 9.84 Å². The Hall–Kier alpha value is -1.95. The van der Waals surface area contributed by atoms with Crippen molar-refractivity contribution in [3.05, 3.63) is 59.9 Å². The normalized spacial score (nSPS) is 16.5. The molecule has 0 radical (unpaired) electrons. The Bertz CT molecular complexity index is 702. The van der Waals surface area contributed by atoms with Gasteiger partial charge < -0.3 is 19.6 Å². The largest absolute Gasteiger partial charge is 0.491 e. The van der Waals surface area contributed by atoms with Gasteiger partial charge in [-0.3, -0.25) is 4.98 Å². The lowest BCUT2D eigenvalue weighted by molar-refractivity contribution is 0.0693. The van der Waals surface area contributed by atoms with Gasteiger partial charge in [-0.15, -0.1) is 0 Å². The molecule has 3 rings (SSSR count). The summed E-state index contributed by atoms with van der Waals surface area (Å²) >= 11 is 0. The Kier molecular flexibility index (Phi) is 8.93. The van der Waals surface area contributed by atoms with Crippen molar-refractivity contribution in [2.24, 2.45) is 0 Å². The highest BCUT2D eigenvalue weighted by Crippen LogP contribution is 2.16. The summed E-state index contributed by atoms with van der Waals surface area (Å²) in [6, 6.07) is 14.2. The molecular formula is C24H35N3O2. The molecule has 1 N–H and O–H groups in total. The highest BCUT2D eigenvalue weighted by molar-refractivity contribution is 5.28. The molecule has 1 saturated heterocycles. The quantitative estimate of drug-likeness (QED) is 0.666. The molecule has 2 heterocycles. The van der Waals surface area contributed by atoms with Gasteiger partial charge in [-0.05, 0) is 62.8 Å². The van der Waals surface area contributed by atoms with E-state index in [-0.39, 0.29) is 0 Å². The summed E-state index contributed by atoms with van der Waals surface area (Å²) in [6.45, 7) is 5.05. The Balaban J connectivity index is 1.41. The molecule has 0 unspecified atom stereocenters. The molecule has 1 aromatic carbocycles. The maximum absolute atomic E-state index is 10.4. The van der Waals surface area contributed by atoms with Crippen LogP contribution < -0.4 is 4.74 Å². The Morgan fingerprint density at radius 3 is 2.69 bits per heavy atom. The first kappa shape index (κ1) is 21.8. The molecule has 0 bridgehead atoms. The van der Waals surface area contributed by atoms with Crippen molar-refractivity contribution in [3.8, 4) is 5.75 Å². The van der Waals surface area contributed by atoms with Gasteiger partial charge in [0.1, 0.15) is 18.5 Å². The van der Waals surface area contributed by atoms with E-state index in [1.807, 2.05) is 30.5 Å². The van der Waals surface area contributed by atoms with Crippen LogP contribution in [0.5, 0.6) is 5.75 Å². The molecule has 29 heavy (non-hydrogen) atoms. The lowest BCUT2D eigenvalue weighted by Gasteiger charge is -2.23. The van der Waals surface area contributed by atoms with Crippen LogP contribution in [0.2, 0.25) is 0 Å². The number of likely N-dealkylation sites (N-methyl/N-ethyl adjacent to an activating group) is 1. The molecule has 5 nitrogen and oxygen atoms in total. The monoisotopic (exact) mass is 397 g/mol. The molecule has 1 aromatic heterocycles. The highest BCUT2D eigenvalue weighted by Gasteiger charge is 2.14. The SMILES string of the molecule is CN(CCc1ccccn1)Cc1cccc(OC[C@H](O)CN2CCCCCC2)c1. The molecule has 158 valence electrons. The minimum atomic E-state index is -0.446. The van der Waals surface area contributed by atoms with E-state index in [9.17, 15) is 5.11 Å². The minimum absolute atomic E-state index is 0.343. The number of aromatic nitrogens is 1. The summed E-state index contributed by atoms with van der Waals surface area (Å²) in [4.78, 5) is 9.05. The van der Waals surface area contributed by atoms with Gasteiger partial charge in [0.05, 0.1) is 0 Å². The van der Waals surface area contributed by atoms with E-state index in [0.29, 0.717) is 13.2 Å². The van der Waals surface area contributed by atoms with Crippen molar-refractivity contribution in [3.63, 3.8) is 0 Å². The predicted octanol–water partition coefficient (Wildman–Crippen LogP) is 3.37. The van der Waals surface area contributed by atoms with Crippen LogP contribution in [0.4, 0.5) is 0 Å². The summed E-state index contributed by atoms with van der Waals surface area (Å²) in [5.41, 5.74) is 2.34. The van der Waals surface area contributed by atoms with Crippen LogP contribution in [0.1, 0.15) is 36.9 Å². The van der Waals surface area contributed by atoms with Crippen LogP contribution in [0.15, 0.2) is 48.7 Å². The fraction of sp³-hybridized carbons (Fsp3) is 0.542. The lowest BCUT2D eigenvalue weighted by Crippen LogP contribution is -2.36. The van der Waals surface area contributed by atoms with Gasteiger partial charge in [-0.25, -0.2) is 0 Å². The van der Waals surface area contributed by atoms with Crippen molar-refractivity contribution in [2.75, 3.05) is 39.8 Å². The number of aliphatic hydroxyl groups is 1. The van der Waals surface area contributed by atoms with Gasteiger partial charge in [0.2, 0.25) is 0 Å². The van der Waals surface area contributed by atoms with E-state index in [1.165, 1.54) is 31.2 Å². The van der Waals surface area contributed by atoms with Crippen LogP contribution in [0.25, 0.3) is 0 Å². The first-order valence-corrected chi connectivity index (χ1v) is 10.9. The zero-order valence-corrected chi connectivity index (χ0v) is 17.7.